The summed E-state index contributed by atoms with van der Waals surface area (Å²) in [5, 5.41) is 18.7. The first-order chi connectivity index (χ1) is 14.5. The van der Waals surface area contributed by atoms with Gasteiger partial charge in [-0.05, 0) is 25.1 Å². The number of carboxylic acid groups (broad SMARTS) is 1. The smallest absolute Gasteiger partial charge is 0.305 e. The van der Waals surface area contributed by atoms with Crippen molar-refractivity contribution in [2.24, 2.45) is 11.0 Å². The van der Waals surface area contributed by atoms with Gasteiger partial charge >= 0.3 is 5.97 Å². The molecule has 166 valence electrons. The number of carbonyl (C=O) groups is 5. The molecule has 0 spiro atoms. The van der Waals surface area contributed by atoms with Crippen LogP contribution in [0.4, 0.5) is 5.69 Å². The van der Waals surface area contributed by atoms with Crippen molar-refractivity contribution < 1.29 is 29.1 Å². The molecule has 12 heteroatoms. The van der Waals surface area contributed by atoms with Gasteiger partial charge in [-0.15, -0.1) is 0 Å². The molecule has 0 aliphatic carbocycles. The van der Waals surface area contributed by atoms with Gasteiger partial charge in [0.15, 0.2) is 0 Å². The zero-order chi connectivity index (χ0) is 23.3. The Hall–Kier alpha value is -3.47. The minimum atomic E-state index is -1.26. The van der Waals surface area contributed by atoms with Crippen molar-refractivity contribution >= 4 is 53.5 Å². The Balaban J connectivity index is 2.09. The number of hydrogen-bond acceptors (Lipinski definition) is 7. The molecule has 31 heavy (non-hydrogen) atoms. The maximum atomic E-state index is 12.8. The van der Waals surface area contributed by atoms with E-state index in [1.807, 2.05) is 0 Å². The first-order valence-corrected chi connectivity index (χ1v) is 9.63. The molecule has 0 saturated heterocycles. The third kappa shape index (κ3) is 5.79. The van der Waals surface area contributed by atoms with Gasteiger partial charge < -0.3 is 26.3 Å². The van der Waals surface area contributed by atoms with Gasteiger partial charge in [0.05, 0.1) is 23.2 Å². The number of aliphatic carboxylic acids is 1. The molecular weight excluding hydrogens is 430 g/mol. The lowest BCUT2D eigenvalue weighted by Crippen LogP contribution is -2.54. The molecule has 0 unspecified atom stereocenters. The van der Waals surface area contributed by atoms with Gasteiger partial charge in [0.25, 0.3) is 11.8 Å². The Morgan fingerprint density at radius 3 is 2.58 bits per heavy atom. The minimum Gasteiger partial charge on any atom is -0.481 e. The van der Waals surface area contributed by atoms with Crippen molar-refractivity contribution in [3.05, 3.63) is 28.8 Å². The highest BCUT2D eigenvalue weighted by atomic mass is 35.5. The summed E-state index contributed by atoms with van der Waals surface area (Å²) < 4.78 is 0. The fourth-order valence-corrected chi connectivity index (χ4v) is 3.08. The quantitative estimate of drug-likeness (QED) is 0.319. The maximum absolute atomic E-state index is 12.8. The molecule has 0 fully saturated rings. The number of nitrogens with one attached hydrogen (secondary N) is 2. The SMILES string of the molecule is C[C@H](NC(=O)c1ccc(N)c(Cl)c1)C(=O)N1N=C[C@H](C)[C@H]1C(=O)N[C@H](C=O)CC(=O)O. The number of anilines is 1. The molecule has 0 bridgehead atoms. The van der Waals surface area contributed by atoms with Crippen LogP contribution in [0, 0.1) is 5.92 Å². The molecule has 3 amide bonds. The minimum absolute atomic E-state index is 0.187. The second kappa shape index (κ2) is 10.0. The number of nitrogens with zero attached hydrogens (tertiary/aromatic N) is 2. The molecule has 2 rings (SSSR count). The van der Waals surface area contributed by atoms with Gasteiger partial charge in [-0.2, -0.15) is 5.10 Å². The van der Waals surface area contributed by atoms with E-state index in [4.69, 9.17) is 22.4 Å². The van der Waals surface area contributed by atoms with Crippen LogP contribution in [0.2, 0.25) is 5.02 Å². The van der Waals surface area contributed by atoms with E-state index in [1.165, 1.54) is 31.3 Å². The summed E-state index contributed by atoms with van der Waals surface area (Å²) >= 11 is 5.91. The lowest BCUT2D eigenvalue weighted by molar-refractivity contribution is -0.143. The lowest BCUT2D eigenvalue weighted by Gasteiger charge is -2.27. The Morgan fingerprint density at radius 2 is 2.00 bits per heavy atom. The first-order valence-electron chi connectivity index (χ1n) is 9.25. The fraction of sp³-hybridized carbons (Fsp3) is 0.368. The van der Waals surface area contributed by atoms with Crippen molar-refractivity contribution in [3.63, 3.8) is 0 Å². The molecule has 0 aromatic heterocycles. The average molecular weight is 452 g/mol. The van der Waals surface area contributed by atoms with Crippen LogP contribution in [0.25, 0.3) is 0 Å². The second-order valence-electron chi connectivity index (χ2n) is 7.03. The second-order valence-corrected chi connectivity index (χ2v) is 7.44. The zero-order valence-corrected chi connectivity index (χ0v) is 17.5. The summed E-state index contributed by atoms with van der Waals surface area (Å²) in [7, 11) is 0. The number of rotatable bonds is 8. The predicted octanol–water partition coefficient (Wildman–Crippen LogP) is 0.0316. The number of hydrazone groups is 1. The number of nitrogens with two attached hydrogens (primary N) is 1. The summed E-state index contributed by atoms with van der Waals surface area (Å²) in [5.41, 5.74) is 6.10. The van der Waals surface area contributed by atoms with Crippen LogP contribution >= 0.6 is 11.6 Å². The molecule has 1 aromatic carbocycles. The summed E-state index contributed by atoms with van der Waals surface area (Å²) in [4.78, 5) is 59.7. The van der Waals surface area contributed by atoms with Crippen molar-refractivity contribution in [2.45, 2.75) is 38.4 Å². The van der Waals surface area contributed by atoms with Crippen LogP contribution in [0.3, 0.4) is 0 Å². The molecule has 1 aliphatic rings. The zero-order valence-electron chi connectivity index (χ0n) is 16.7. The Morgan fingerprint density at radius 1 is 1.32 bits per heavy atom. The summed E-state index contributed by atoms with van der Waals surface area (Å²) in [5.74, 6) is -3.75. The van der Waals surface area contributed by atoms with E-state index < -0.39 is 54.2 Å². The number of aldehydes is 1. The Kier molecular flexibility index (Phi) is 7.70. The van der Waals surface area contributed by atoms with Gasteiger partial charge in [0.1, 0.15) is 18.4 Å². The Labute approximate surface area is 182 Å². The molecular formula is C19H22ClN5O6. The predicted molar refractivity (Wildman–Crippen MR) is 111 cm³/mol. The topological polar surface area (TPSA) is 171 Å². The molecule has 1 aromatic rings. The van der Waals surface area contributed by atoms with Crippen molar-refractivity contribution in [2.75, 3.05) is 5.73 Å². The summed E-state index contributed by atoms with van der Waals surface area (Å²) in [6.45, 7) is 3.05. The highest BCUT2D eigenvalue weighted by molar-refractivity contribution is 6.33. The highest BCUT2D eigenvalue weighted by Gasteiger charge is 2.40. The molecule has 1 heterocycles. The Bertz CT molecular complexity index is 936. The number of nitrogen functional groups attached to an aromatic ring is 1. The van der Waals surface area contributed by atoms with Crippen molar-refractivity contribution in [1.82, 2.24) is 15.6 Å². The van der Waals surface area contributed by atoms with Crippen molar-refractivity contribution in [3.8, 4) is 0 Å². The van der Waals surface area contributed by atoms with E-state index in [0.29, 0.717) is 12.0 Å². The molecule has 11 nitrogen and oxygen atoms in total. The monoisotopic (exact) mass is 451 g/mol. The van der Waals surface area contributed by atoms with Crippen LogP contribution in [0.1, 0.15) is 30.6 Å². The van der Waals surface area contributed by atoms with E-state index in [-0.39, 0.29) is 10.6 Å². The standard InChI is InChI=1S/C19H22ClN5O6/c1-9-7-22-25(16(9)18(30)24-12(8-26)6-15(27)28)19(31)10(2)23-17(29)11-3-4-14(21)13(20)5-11/h3-5,7-10,12,16H,6,21H2,1-2H3,(H,23,29)(H,24,30)(H,27,28)/t9-,10-,12-,16-/m0/s1. The van der Waals surface area contributed by atoms with Crippen LogP contribution in [-0.2, 0) is 19.2 Å². The van der Waals surface area contributed by atoms with E-state index in [2.05, 4.69) is 15.7 Å². The van der Waals surface area contributed by atoms with Crippen LogP contribution in [0.15, 0.2) is 23.3 Å². The van der Waals surface area contributed by atoms with E-state index in [1.54, 1.807) is 6.92 Å². The molecule has 1 aliphatic heterocycles. The van der Waals surface area contributed by atoms with Gasteiger partial charge in [0.2, 0.25) is 5.91 Å². The van der Waals surface area contributed by atoms with Crippen LogP contribution < -0.4 is 16.4 Å². The third-order valence-electron chi connectivity index (χ3n) is 4.55. The first kappa shape index (κ1) is 23.8. The number of amides is 3. The summed E-state index contributed by atoms with van der Waals surface area (Å²) in [6.07, 6.45) is 1.09. The van der Waals surface area contributed by atoms with Crippen LogP contribution in [-0.4, -0.2) is 64.4 Å². The largest absolute Gasteiger partial charge is 0.481 e. The normalized spacial score (nSPS) is 19.4. The van der Waals surface area contributed by atoms with Gasteiger partial charge in [-0.3, -0.25) is 19.2 Å². The van der Waals surface area contributed by atoms with Gasteiger partial charge in [-0.25, -0.2) is 5.01 Å². The molecule has 0 radical (unpaired) electrons. The molecule has 5 N–H and O–H groups in total. The van der Waals surface area contributed by atoms with Crippen molar-refractivity contribution in [1.29, 1.82) is 0 Å². The number of halogens is 1. The number of benzene rings is 1. The van der Waals surface area contributed by atoms with E-state index in [9.17, 15) is 24.0 Å². The number of carbonyl (C=O) groups excluding carboxylic acids is 4. The van der Waals surface area contributed by atoms with E-state index >= 15 is 0 Å². The average Bonchev–Trinajstić information content (AvgIpc) is 3.09. The molecule has 4 atom stereocenters. The highest BCUT2D eigenvalue weighted by Crippen LogP contribution is 2.21. The fourth-order valence-electron chi connectivity index (χ4n) is 2.89. The van der Waals surface area contributed by atoms with Crippen LogP contribution in [0.5, 0.6) is 0 Å². The van der Waals surface area contributed by atoms with E-state index in [0.717, 1.165) is 5.01 Å². The number of hydrogen-bond donors (Lipinski definition) is 4. The number of carboxylic acids is 1. The summed E-state index contributed by atoms with van der Waals surface area (Å²) in [6, 6.07) is 0.857. The third-order valence-corrected chi connectivity index (χ3v) is 4.88. The van der Waals surface area contributed by atoms with Gasteiger partial charge in [-0.1, -0.05) is 18.5 Å². The lowest BCUT2D eigenvalue weighted by atomic mass is 10.0. The molecule has 0 saturated carbocycles. The maximum Gasteiger partial charge on any atom is 0.305 e. The van der Waals surface area contributed by atoms with Gasteiger partial charge in [0, 0.05) is 17.7 Å².